The average Bonchev–Trinajstić information content (AvgIpc) is 3.63. The second kappa shape index (κ2) is 9.60. The Hall–Kier alpha value is -3.41. The van der Waals surface area contributed by atoms with Crippen LogP contribution in [0.15, 0.2) is 67.0 Å². The van der Waals surface area contributed by atoms with Crippen molar-refractivity contribution in [3.05, 3.63) is 89.5 Å². The molecule has 0 spiro atoms. The number of carbonyl (C=O) groups excluding carboxylic acids is 1. The molecule has 0 bridgehead atoms. The Morgan fingerprint density at radius 3 is 2.65 bits per heavy atom. The van der Waals surface area contributed by atoms with Crippen molar-refractivity contribution in [2.75, 3.05) is 6.61 Å². The zero-order valence-electron chi connectivity index (χ0n) is 17.5. The quantitative estimate of drug-likeness (QED) is 0.489. The first-order valence-electron chi connectivity index (χ1n) is 10.5. The predicted molar refractivity (Wildman–Crippen MR) is 115 cm³/mol. The number of carbonyl (C=O) groups is 1. The third kappa shape index (κ3) is 5.20. The molecule has 1 amide bonds. The van der Waals surface area contributed by atoms with Crippen LogP contribution in [-0.2, 0) is 13.2 Å². The van der Waals surface area contributed by atoms with E-state index < -0.39 is 0 Å². The van der Waals surface area contributed by atoms with Gasteiger partial charge in [-0.15, -0.1) is 0 Å². The Bertz CT molecular complexity index is 1040. The molecule has 1 saturated carbocycles. The molecular weight excluding hydrogens is 395 g/mol. The molecule has 160 valence electrons. The van der Waals surface area contributed by atoms with Gasteiger partial charge in [-0.05, 0) is 50.1 Å². The molecule has 31 heavy (non-hydrogen) atoms. The number of rotatable bonds is 9. The van der Waals surface area contributed by atoms with E-state index in [1.54, 1.807) is 53.7 Å². The average molecular weight is 420 g/mol. The van der Waals surface area contributed by atoms with Crippen LogP contribution in [0, 0.1) is 5.82 Å². The number of hydrogen-bond acceptors (Lipinski definition) is 4. The highest BCUT2D eigenvalue weighted by molar-refractivity contribution is 5.95. The summed E-state index contributed by atoms with van der Waals surface area (Å²) in [4.78, 5) is 19.1. The van der Waals surface area contributed by atoms with Gasteiger partial charge in [0.1, 0.15) is 12.4 Å². The van der Waals surface area contributed by atoms with Gasteiger partial charge in [0.05, 0.1) is 6.61 Å². The number of pyridine rings is 1. The molecule has 5 nitrogen and oxygen atoms in total. The molecule has 1 aliphatic carbocycles. The van der Waals surface area contributed by atoms with Crippen molar-refractivity contribution in [1.29, 1.82) is 0 Å². The van der Waals surface area contributed by atoms with E-state index in [-0.39, 0.29) is 24.3 Å². The maximum atomic E-state index is 14.2. The van der Waals surface area contributed by atoms with Gasteiger partial charge in [0.25, 0.3) is 5.91 Å². The van der Waals surface area contributed by atoms with E-state index >= 15 is 0 Å². The van der Waals surface area contributed by atoms with E-state index in [0.717, 1.165) is 18.4 Å². The maximum Gasteiger partial charge on any atom is 0.254 e. The lowest BCUT2D eigenvalue weighted by molar-refractivity contribution is 0.0727. The maximum absolute atomic E-state index is 14.2. The third-order valence-corrected chi connectivity index (χ3v) is 5.15. The summed E-state index contributed by atoms with van der Waals surface area (Å²) in [6.07, 6.45) is 5.33. The largest absolute Gasteiger partial charge is 0.490 e. The molecular formula is C25H25FN2O3. The van der Waals surface area contributed by atoms with Crippen LogP contribution < -0.4 is 9.47 Å². The van der Waals surface area contributed by atoms with Gasteiger partial charge in [-0.3, -0.25) is 9.78 Å². The standard InChI is InChI=1S/C25H25FN2O3/c1-2-30-24-14-19(9-12-23(24)31-17-18-6-5-13-27-15-18)25(29)28(21-10-11-21)16-20-7-3-4-8-22(20)26/h3-9,12-15,21H,2,10-11,16-17H2,1H3. The van der Waals surface area contributed by atoms with Crippen molar-refractivity contribution in [3.63, 3.8) is 0 Å². The first-order chi connectivity index (χ1) is 15.2. The molecule has 0 N–H and O–H groups in total. The van der Waals surface area contributed by atoms with Crippen LogP contribution in [0.25, 0.3) is 0 Å². The topological polar surface area (TPSA) is 51.7 Å². The third-order valence-electron chi connectivity index (χ3n) is 5.15. The Kier molecular flexibility index (Phi) is 6.46. The lowest BCUT2D eigenvalue weighted by Gasteiger charge is -2.23. The van der Waals surface area contributed by atoms with E-state index in [0.29, 0.717) is 35.8 Å². The fraction of sp³-hybridized carbons (Fsp3) is 0.280. The molecule has 2 aromatic carbocycles. The van der Waals surface area contributed by atoms with Crippen molar-refractivity contribution in [2.45, 2.75) is 39.0 Å². The van der Waals surface area contributed by atoms with Gasteiger partial charge in [0.2, 0.25) is 0 Å². The summed E-state index contributed by atoms with van der Waals surface area (Å²) < 4.78 is 25.8. The summed E-state index contributed by atoms with van der Waals surface area (Å²) in [5.74, 6) is 0.647. The predicted octanol–water partition coefficient (Wildman–Crippen LogP) is 5.00. The monoisotopic (exact) mass is 420 g/mol. The molecule has 0 aliphatic heterocycles. The van der Waals surface area contributed by atoms with Crippen LogP contribution in [-0.4, -0.2) is 28.4 Å². The molecule has 0 saturated heterocycles. The van der Waals surface area contributed by atoms with Gasteiger partial charge in [-0.2, -0.15) is 0 Å². The summed E-state index contributed by atoms with van der Waals surface area (Å²) in [6, 6.07) is 15.7. The summed E-state index contributed by atoms with van der Waals surface area (Å²) in [5.41, 5.74) is 1.96. The van der Waals surface area contributed by atoms with Gasteiger partial charge in [0.15, 0.2) is 11.5 Å². The molecule has 3 aromatic rings. The molecule has 0 radical (unpaired) electrons. The molecule has 1 aliphatic rings. The number of amides is 1. The summed E-state index contributed by atoms with van der Waals surface area (Å²) in [6.45, 7) is 2.93. The van der Waals surface area contributed by atoms with Gasteiger partial charge in [-0.25, -0.2) is 4.39 Å². The molecule has 1 aromatic heterocycles. The zero-order chi connectivity index (χ0) is 21.6. The fourth-order valence-corrected chi connectivity index (χ4v) is 3.40. The number of halogens is 1. The number of benzene rings is 2. The SMILES string of the molecule is CCOc1cc(C(=O)N(Cc2ccccc2F)C2CC2)ccc1OCc1cccnc1. The highest BCUT2D eigenvalue weighted by Gasteiger charge is 2.33. The van der Waals surface area contributed by atoms with Gasteiger partial charge in [-0.1, -0.05) is 24.3 Å². The Labute approximate surface area is 181 Å². The fourth-order valence-electron chi connectivity index (χ4n) is 3.40. The van der Waals surface area contributed by atoms with Crippen LogP contribution >= 0.6 is 0 Å². The molecule has 1 heterocycles. The normalized spacial score (nSPS) is 13.0. The zero-order valence-corrected chi connectivity index (χ0v) is 17.5. The lowest BCUT2D eigenvalue weighted by Crippen LogP contribution is -2.33. The van der Waals surface area contributed by atoms with Gasteiger partial charge in [0, 0.05) is 41.7 Å². The van der Waals surface area contributed by atoms with Crippen molar-refractivity contribution < 1.29 is 18.7 Å². The van der Waals surface area contributed by atoms with Crippen molar-refractivity contribution in [3.8, 4) is 11.5 Å². The summed E-state index contributed by atoms with van der Waals surface area (Å²) in [7, 11) is 0. The van der Waals surface area contributed by atoms with E-state index in [9.17, 15) is 9.18 Å². The molecule has 0 unspecified atom stereocenters. The van der Waals surface area contributed by atoms with E-state index in [1.165, 1.54) is 6.07 Å². The van der Waals surface area contributed by atoms with E-state index in [2.05, 4.69) is 4.98 Å². The van der Waals surface area contributed by atoms with Crippen LogP contribution in [0.5, 0.6) is 11.5 Å². The van der Waals surface area contributed by atoms with Crippen LogP contribution in [0.4, 0.5) is 4.39 Å². The van der Waals surface area contributed by atoms with Crippen LogP contribution in [0.3, 0.4) is 0 Å². The molecule has 6 heteroatoms. The first kappa shape index (κ1) is 20.8. The first-order valence-corrected chi connectivity index (χ1v) is 10.5. The Balaban J connectivity index is 1.53. The van der Waals surface area contributed by atoms with E-state index in [4.69, 9.17) is 9.47 Å². The molecule has 0 atom stereocenters. The van der Waals surface area contributed by atoms with E-state index in [1.807, 2.05) is 19.1 Å². The highest BCUT2D eigenvalue weighted by Crippen LogP contribution is 2.33. The summed E-state index contributed by atoms with van der Waals surface area (Å²) in [5, 5.41) is 0. The number of nitrogens with zero attached hydrogens (tertiary/aromatic N) is 2. The molecule has 4 rings (SSSR count). The van der Waals surface area contributed by atoms with Crippen molar-refractivity contribution >= 4 is 5.91 Å². The lowest BCUT2D eigenvalue weighted by atomic mass is 10.1. The number of aromatic nitrogens is 1. The Morgan fingerprint density at radius 2 is 1.94 bits per heavy atom. The minimum absolute atomic E-state index is 0.134. The Morgan fingerprint density at radius 1 is 1.10 bits per heavy atom. The van der Waals surface area contributed by atoms with Gasteiger partial charge < -0.3 is 14.4 Å². The van der Waals surface area contributed by atoms with Crippen molar-refractivity contribution in [2.24, 2.45) is 0 Å². The summed E-state index contributed by atoms with van der Waals surface area (Å²) >= 11 is 0. The highest BCUT2D eigenvalue weighted by atomic mass is 19.1. The number of hydrogen-bond donors (Lipinski definition) is 0. The number of ether oxygens (including phenoxy) is 2. The minimum Gasteiger partial charge on any atom is -0.490 e. The minimum atomic E-state index is -0.296. The smallest absolute Gasteiger partial charge is 0.254 e. The van der Waals surface area contributed by atoms with Crippen LogP contribution in [0.2, 0.25) is 0 Å². The van der Waals surface area contributed by atoms with Gasteiger partial charge >= 0.3 is 0 Å². The van der Waals surface area contributed by atoms with Crippen molar-refractivity contribution in [1.82, 2.24) is 9.88 Å². The molecule has 1 fully saturated rings. The second-order valence-corrected chi connectivity index (χ2v) is 7.50. The second-order valence-electron chi connectivity index (χ2n) is 7.50. The van der Waals surface area contributed by atoms with Crippen LogP contribution in [0.1, 0.15) is 41.3 Å².